The van der Waals surface area contributed by atoms with E-state index < -0.39 is 5.97 Å². The number of likely N-dealkylation sites (tertiary alicyclic amines) is 1. The third kappa shape index (κ3) is 2.48. The Balaban J connectivity index is 2.08. The van der Waals surface area contributed by atoms with Crippen molar-refractivity contribution in [3.05, 3.63) is 17.5 Å². The van der Waals surface area contributed by atoms with Crippen molar-refractivity contribution in [3.63, 3.8) is 0 Å². The molecule has 1 saturated heterocycles. The largest absolute Gasteiger partial charge is 0.478 e. The Bertz CT molecular complexity index is 416. The van der Waals surface area contributed by atoms with Gasteiger partial charge in [-0.25, -0.2) is 4.79 Å². The van der Waals surface area contributed by atoms with Crippen LogP contribution in [-0.2, 0) is 13.6 Å². The number of rotatable bonds is 4. The Morgan fingerprint density at radius 3 is 3.00 bits per heavy atom. The summed E-state index contributed by atoms with van der Waals surface area (Å²) < 4.78 is 1.61. The second-order valence-corrected chi connectivity index (χ2v) is 4.51. The maximum absolute atomic E-state index is 11.0. The molecule has 0 aliphatic carbocycles. The van der Waals surface area contributed by atoms with E-state index in [9.17, 15) is 4.79 Å². The van der Waals surface area contributed by atoms with Crippen LogP contribution in [0.3, 0.4) is 0 Å². The number of nitrogens with zero attached hydrogens (tertiary/aromatic N) is 3. The second-order valence-electron chi connectivity index (χ2n) is 4.51. The average Bonchev–Trinajstić information content (AvgIpc) is 2.87. The lowest BCUT2D eigenvalue weighted by Crippen LogP contribution is -2.23. The lowest BCUT2D eigenvalue weighted by Gasteiger charge is -2.16. The van der Waals surface area contributed by atoms with Crippen LogP contribution in [0.5, 0.6) is 0 Å². The summed E-state index contributed by atoms with van der Waals surface area (Å²) in [4.78, 5) is 13.2. The molecule has 1 atom stereocenters. The van der Waals surface area contributed by atoms with Gasteiger partial charge in [0.1, 0.15) is 5.56 Å². The molecular weight excluding hydrogens is 222 g/mol. The summed E-state index contributed by atoms with van der Waals surface area (Å²) in [5.74, 6) is -0.623. The van der Waals surface area contributed by atoms with Gasteiger partial charge in [0.25, 0.3) is 0 Å². The number of carboxylic acid groups (broad SMARTS) is 1. The van der Waals surface area contributed by atoms with Gasteiger partial charge in [-0.05, 0) is 18.9 Å². The highest BCUT2D eigenvalue weighted by Crippen LogP contribution is 2.19. The first kappa shape index (κ1) is 12.1. The molecule has 0 amide bonds. The number of aryl methyl sites for hydroxylation is 1. The lowest BCUT2D eigenvalue weighted by molar-refractivity contribution is 0.0694. The molecule has 0 saturated carbocycles. The molecule has 2 rings (SSSR count). The minimum absolute atomic E-state index is 0.202. The first-order valence-corrected chi connectivity index (χ1v) is 5.69. The maximum Gasteiger partial charge on any atom is 0.339 e. The molecule has 1 aliphatic rings. The Morgan fingerprint density at radius 1 is 1.65 bits per heavy atom. The number of aliphatic hydroxyl groups is 1. The quantitative estimate of drug-likeness (QED) is 0.769. The third-order valence-corrected chi connectivity index (χ3v) is 3.29. The Morgan fingerprint density at radius 2 is 2.41 bits per heavy atom. The first-order chi connectivity index (χ1) is 8.11. The molecule has 6 heteroatoms. The van der Waals surface area contributed by atoms with E-state index in [1.165, 1.54) is 6.20 Å². The zero-order valence-electron chi connectivity index (χ0n) is 9.83. The number of hydrogen-bond donors (Lipinski definition) is 2. The second kappa shape index (κ2) is 4.85. The van der Waals surface area contributed by atoms with Gasteiger partial charge in [0.15, 0.2) is 0 Å². The minimum atomic E-state index is -0.939. The van der Waals surface area contributed by atoms with Crippen LogP contribution in [0.1, 0.15) is 22.5 Å². The molecular formula is C11H17N3O3. The number of hydrogen-bond acceptors (Lipinski definition) is 4. The van der Waals surface area contributed by atoms with Crippen molar-refractivity contribution in [1.29, 1.82) is 0 Å². The van der Waals surface area contributed by atoms with E-state index in [0.29, 0.717) is 12.5 Å². The average molecular weight is 239 g/mol. The number of carbonyl (C=O) groups is 1. The fourth-order valence-electron chi connectivity index (χ4n) is 2.25. The monoisotopic (exact) mass is 239 g/mol. The molecule has 6 nitrogen and oxygen atoms in total. The van der Waals surface area contributed by atoms with Gasteiger partial charge in [-0.2, -0.15) is 5.10 Å². The van der Waals surface area contributed by atoms with Crippen LogP contribution >= 0.6 is 0 Å². The van der Waals surface area contributed by atoms with Crippen LogP contribution in [0.25, 0.3) is 0 Å². The van der Waals surface area contributed by atoms with E-state index in [4.69, 9.17) is 10.2 Å². The molecule has 0 spiro atoms. The van der Waals surface area contributed by atoms with Crippen molar-refractivity contribution in [3.8, 4) is 0 Å². The van der Waals surface area contributed by atoms with Gasteiger partial charge < -0.3 is 10.2 Å². The van der Waals surface area contributed by atoms with Gasteiger partial charge in [-0.3, -0.25) is 9.58 Å². The van der Waals surface area contributed by atoms with E-state index in [1.54, 1.807) is 11.7 Å². The van der Waals surface area contributed by atoms with Crippen LogP contribution in [0.4, 0.5) is 0 Å². The first-order valence-electron chi connectivity index (χ1n) is 5.69. The van der Waals surface area contributed by atoms with Gasteiger partial charge in [0, 0.05) is 26.7 Å². The molecule has 0 radical (unpaired) electrons. The Hall–Kier alpha value is -1.40. The van der Waals surface area contributed by atoms with Crippen molar-refractivity contribution >= 4 is 5.97 Å². The van der Waals surface area contributed by atoms with E-state index in [-0.39, 0.29) is 12.2 Å². The molecule has 1 aromatic rings. The third-order valence-electron chi connectivity index (χ3n) is 3.29. The lowest BCUT2D eigenvalue weighted by atomic mass is 10.1. The highest BCUT2D eigenvalue weighted by Gasteiger charge is 2.24. The van der Waals surface area contributed by atoms with Crippen LogP contribution < -0.4 is 0 Å². The van der Waals surface area contributed by atoms with Gasteiger partial charge in [0.2, 0.25) is 0 Å². The Kier molecular flexibility index (Phi) is 3.44. The smallest absolute Gasteiger partial charge is 0.339 e. The molecule has 1 fully saturated rings. The number of aromatic nitrogens is 2. The fraction of sp³-hybridized carbons (Fsp3) is 0.636. The maximum atomic E-state index is 11.0. The van der Waals surface area contributed by atoms with Gasteiger partial charge in [-0.1, -0.05) is 0 Å². The molecule has 1 aromatic heterocycles. The summed E-state index contributed by atoms with van der Waals surface area (Å²) in [6.45, 7) is 2.50. The molecule has 0 aromatic carbocycles. The summed E-state index contributed by atoms with van der Waals surface area (Å²) in [6.07, 6.45) is 2.36. The molecule has 17 heavy (non-hydrogen) atoms. The fourth-order valence-corrected chi connectivity index (χ4v) is 2.25. The number of aromatic carboxylic acids is 1. The highest BCUT2D eigenvalue weighted by molar-refractivity contribution is 5.88. The van der Waals surface area contributed by atoms with Crippen molar-refractivity contribution < 1.29 is 15.0 Å². The Labute approximate surface area is 99.5 Å². The summed E-state index contributed by atoms with van der Waals surface area (Å²) in [7, 11) is 1.75. The van der Waals surface area contributed by atoms with Crippen molar-refractivity contribution in [2.45, 2.75) is 13.0 Å². The van der Waals surface area contributed by atoms with Crippen LogP contribution in [0.2, 0.25) is 0 Å². The van der Waals surface area contributed by atoms with E-state index in [0.717, 1.165) is 25.2 Å². The topological polar surface area (TPSA) is 78.6 Å². The summed E-state index contributed by atoms with van der Waals surface area (Å²) in [6, 6.07) is 0. The zero-order chi connectivity index (χ0) is 12.4. The predicted molar refractivity (Wildman–Crippen MR) is 60.6 cm³/mol. The molecule has 2 heterocycles. The molecule has 94 valence electrons. The summed E-state index contributed by atoms with van der Waals surface area (Å²) in [5.41, 5.74) is 0.982. The zero-order valence-corrected chi connectivity index (χ0v) is 9.83. The number of aliphatic hydroxyl groups excluding tert-OH is 1. The molecule has 2 N–H and O–H groups in total. The molecule has 0 bridgehead atoms. The van der Waals surface area contributed by atoms with E-state index in [1.807, 2.05) is 0 Å². The van der Waals surface area contributed by atoms with E-state index in [2.05, 4.69) is 10.00 Å². The van der Waals surface area contributed by atoms with Crippen molar-refractivity contribution in [2.75, 3.05) is 19.7 Å². The van der Waals surface area contributed by atoms with Crippen LogP contribution in [0.15, 0.2) is 6.20 Å². The normalized spacial score (nSPS) is 20.9. The SMILES string of the molecule is Cn1ncc(C(=O)O)c1CN1CCC(CO)C1. The molecule has 1 unspecified atom stereocenters. The van der Waals surface area contributed by atoms with Crippen LogP contribution in [0, 0.1) is 5.92 Å². The van der Waals surface area contributed by atoms with Crippen molar-refractivity contribution in [1.82, 2.24) is 14.7 Å². The summed E-state index contributed by atoms with van der Waals surface area (Å²) in [5, 5.41) is 22.1. The van der Waals surface area contributed by atoms with Crippen molar-refractivity contribution in [2.24, 2.45) is 13.0 Å². The standard InChI is InChI=1S/C11H17N3O3/c1-13-10(9(4-12-13)11(16)17)6-14-3-2-8(5-14)7-15/h4,8,15H,2-3,5-7H2,1H3,(H,16,17). The van der Waals surface area contributed by atoms with Gasteiger partial charge >= 0.3 is 5.97 Å². The van der Waals surface area contributed by atoms with Gasteiger partial charge in [-0.15, -0.1) is 0 Å². The van der Waals surface area contributed by atoms with E-state index >= 15 is 0 Å². The predicted octanol–water partition coefficient (Wildman–Crippen LogP) is -0.0675. The highest BCUT2D eigenvalue weighted by atomic mass is 16.4. The van der Waals surface area contributed by atoms with Gasteiger partial charge in [0.05, 0.1) is 11.9 Å². The summed E-state index contributed by atoms with van der Waals surface area (Å²) >= 11 is 0. The minimum Gasteiger partial charge on any atom is -0.478 e. The number of carboxylic acids is 1. The molecule has 1 aliphatic heterocycles. The van der Waals surface area contributed by atoms with Crippen LogP contribution in [-0.4, -0.2) is 50.6 Å².